The predicted molar refractivity (Wildman–Crippen MR) is 46.8 cm³/mol. The lowest BCUT2D eigenvalue weighted by atomic mass is 10.1. The fourth-order valence-electron chi connectivity index (χ4n) is 1.39. The molecule has 0 atom stereocenters. The van der Waals surface area contributed by atoms with Gasteiger partial charge < -0.3 is 9.47 Å². The van der Waals surface area contributed by atoms with Crippen LogP contribution in [0, 0.1) is 0 Å². The second-order valence-corrected chi connectivity index (χ2v) is 2.84. The van der Waals surface area contributed by atoms with Crippen molar-refractivity contribution < 1.29 is 10.8 Å². The lowest BCUT2D eigenvalue weighted by Gasteiger charge is -2.17. The first kappa shape index (κ1) is 6.35. The maximum absolute atomic E-state index is 7.61. The summed E-state index contributed by atoms with van der Waals surface area (Å²) in [6, 6.07) is 4.02. The van der Waals surface area contributed by atoms with Gasteiger partial charge in [0.2, 0.25) is 0 Å². The summed E-state index contributed by atoms with van der Waals surface area (Å²) in [6.45, 7) is 0.763. The minimum absolute atomic E-state index is 0.392. The summed E-state index contributed by atoms with van der Waals surface area (Å²) in [6.07, 6.45) is 2.07. The fourth-order valence-corrected chi connectivity index (χ4v) is 1.39. The molecule has 0 bridgehead atoms. The van der Waals surface area contributed by atoms with Crippen molar-refractivity contribution in [2.45, 2.75) is 12.8 Å². The van der Waals surface area contributed by atoms with E-state index in [0.717, 1.165) is 30.8 Å². The second-order valence-electron chi connectivity index (χ2n) is 2.84. The van der Waals surface area contributed by atoms with Gasteiger partial charge >= 0.3 is 0 Å². The van der Waals surface area contributed by atoms with Crippen LogP contribution in [0.3, 0.4) is 0 Å². The van der Waals surface area contributed by atoms with Gasteiger partial charge in [-0.3, -0.25) is 0 Å². The van der Waals surface area contributed by atoms with Crippen molar-refractivity contribution in [3.63, 3.8) is 0 Å². The highest BCUT2D eigenvalue weighted by molar-refractivity contribution is 5.41. The van der Waals surface area contributed by atoms with Gasteiger partial charge in [-0.2, -0.15) is 0 Å². The third-order valence-electron chi connectivity index (χ3n) is 2.04. The van der Waals surface area contributed by atoms with Gasteiger partial charge in [-0.25, -0.2) is 0 Å². The van der Waals surface area contributed by atoms with Crippen LogP contribution in [0.1, 0.15) is 13.4 Å². The van der Waals surface area contributed by atoms with Crippen LogP contribution < -0.4 is 9.47 Å². The number of rotatable bonds is 1. The summed E-state index contributed by atoms with van der Waals surface area (Å²) in [5, 5.41) is 0. The molecule has 0 aromatic heterocycles. The molecule has 64 valence electrons. The van der Waals surface area contributed by atoms with E-state index in [1.165, 1.54) is 0 Å². The predicted octanol–water partition coefficient (Wildman–Crippen LogP) is 2.02. The lowest BCUT2D eigenvalue weighted by Crippen LogP contribution is -2.07. The molecule has 1 heterocycles. The van der Waals surface area contributed by atoms with E-state index in [-0.39, 0.29) is 0 Å². The largest absolute Gasteiger partial charge is 0.497 e. The molecule has 1 aromatic rings. The summed E-state index contributed by atoms with van der Waals surface area (Å²) in [4.78, 5) is 0. The van der Waals surface area contributed by atoms with E-state index >= 15 is 0 Å². The lowest BCUT2D eigenvalue weighted by molar-refractivity contribution is 0.287. The SMILES string of the molecule is [3H]c1cc2c(cc1OC)CCCO2. The molecule has 1 aromatic carbocycles. The third-order valence-corrected chi connectivity index (χ3v) is 2.04. The minimum atomic E-state index is 0.392. The molecule has 0 saturated carbocycles. The molecular weight excluding hydrogens is 152 g/mol. The Kier molecular flexibility index (Phi) is 1.61. The number of aryl methyl sites for hydroxylation is 1. The van der Waals surface area contributed by atoms with E-state index < -0.39 is 0 Å². The van der Waals surface area contributed by atoms with E-state index in [1.807, 2.05) is 6.07 Å². The van der Waals surface area contributed by atoms with Crippen LogP contribution >= 0.6 is 0 Å². The molecule has 2 heteroatoms. The highest BCUT2D eigenvalue weighted by Gasteiger charge is 2.09. The van der Waals surface area contributed by atoms with Crippen LogP contribution in [0.15, 0.2) is 18.2 Å². The molecule has 0 aliphatic carbocycles. The standard InChI is InChI=1S/C10H12O2/c1-11-9-4-5-10-8(7-9)3-2-6-12-10/h4-5,7H,2-3,6H2,1H3/i4T. The van der Waals surface area contributed by atoms with Gasteiger partial charge in [0.05, 0.1) is 15.1 Å². The molecule has 0 fully saturated rings. The number of fused-ring (bicyclic) bond motifs is 1. The summed E-state index contributed by atoms with van der Waals surface area (Å²) in [5.74, 6) is 1.47. The molecule has 1 aliphatic heterocycles. The Bertz CT molecular complexity index is 323. The number of ether oxygens (including phenoxy) is 2. The molecule has 2 rings (SSSR count). The Balaban J connectivity index is 2.44. The Morgan fingerprint density at radius 1 is 1.67 bits per heavy atom. The Labute approximate surface area is 73.5 Å². The fraction of sp³-hybridized carbons (Fsp3) is 0.400. The number of methoxy groups -OCH3 is 1. The second kappa shape index (κ2) is 3.05. The maximum atomic E-state index is 7.61. The molecular formula is C10H12O2. The van der Waals surface area contributed by atoms with Gasteiger partial charge in [0.1, 0.15) is 11.5 Å². The van der Waals surface area contributed by atoms with E-state index in [2.05, 4.69) is 0 Å². The van der Waals surface area contributed by atoms with Crippen LogP contribution in [-0.4, -0.2) is 13.7 Å². The first-order valence-corrected chi connectivity index (χ1v) is 4.11. The summed E-state index contributed by atoms with van der Waals surface area (Å²) >= 11 is 0. The van der Waals surface area contributed by atoms with Crippen LogP contribution in [0.5, 0.6) is 11.5 Å². The Hall–Kier alpha value is -1.18. The van der Waals surface area contributed by atoms with Crippen LogP contribution in [0.4, 0.5) is 0 Å². The molecule has 0 spiro atoms. The van der Waals surface area contributed by atoms with E-state index in [4.69, 9.17) is 10.8 Å². The van der Waals surface area contributed by atoms with Crippen molar-refractivity contribution >= 4 is 0 Å². The highest BCUT2D eigenvalue weighted by Crippen LogP contribution is 2.28. The van der Waals surface area contributed by atoms with E-state index in [9.17, 15) is 0 Å². The highest BCUT2D eigenvalue weighted by atomic mass is 16.5. The molecule has 0 radical (unpaired) electrons. The molecule has 0 amide bonds. The van der Waals surface area contributed by atoms with Crippen molar-refractivity contribution in [3.05, 3.63) is 23.7 Å². The summed E-state index contributed by atoms with van der Waals surface area (Å²) in [7, 11) is 1.59. The van der Waals surface area contributed by atoms with Crippen molar-refractivity contribution in [1.82, 2.24) is 0 Å². The normalized spacial score (nSPS) is 15.9. The van der Waals surface area contributed by atoms with Crippen LogP contribution in [-0.2, 0) is 6.42 Å². The Morgan fingerprint density at radius 2 is 2.58 bits per heavy atom. The molecule has 12 heavy (non-hydrogen) atoms. The van der Waals surface area contributed by atoms with E-state index in [1.54, 1.807) is 13.2 Å². The first-order chi connectivity index (χ1) is 6.31. The third kappa shape index (κ3) is 1.24. The van der Waals surface area contributed by atoms with Gasteiger partial charge in [0.15, 0.2) is 0 Å². The zero-order valence-electron chi connectivity index (χ0n) is 8.09. The zero-order chi connectivity index (χ0) is 9.26. The maximum Gasteiger partial charge on any atom is 0.122 e. The number of hydrogen-bond acceptors (Lipinski definition) is 2. The summed E-state index contributed by atoms with van der Waals surface area (Å²) < 4.78 is 18.1. The van der Waals surface area contributed by atoms with Crippen LogP contribution in [0.2, 0.25) is 0 Å². The summed E-state index contributed by atoms with van der Waals surface area (Å²) in [5.41, 5.74) is 1.15. The van der Waals surface area contributed by atoms with Gasteiger partial charge in [-0.15, -0.1) is 0 Å². The monoisotopic (exact) mass is 166 g/mol. The van der Waals surface area contributed by atoms with Gasteiger partial charge in [-0.05, 0) is 36.6 Å². The van der Waals surface area contributed by atoms with Gasteiger partial charge in [-0.1, -0.05) is 0 Å². The van der Waals surface area contributed by atoms with Crippen LogP contribution in [0.25, 0.3) is 0 Å². The molecule has 0 saturated heterocycles. The molecule has 1 aliphatic rings. The van der Waals surface area contributed by atoms with E-state index in [0.29, 0.717) is 11.8 Å². The number of benzene rings is 1. The quantitative estimate of drug-likeness (QED) is 0.635. The minimum Gasteiger partial charge on any atom is -0.497 e. The van der Waals surface area contributed by atoms with Crippen molar-refractivity contribution in [2.75, 3.05) is 13.7 Å². The number of hydrogen-bond donors (Lipinski definition) is 0. The average molecular weight is 166 g/mol. The topological polar surface area (TPSA) is 18.5 Å². The van der Waals surface area contributed by atoms with Crippen molar-refractivity contribution in [1.29, 1.82) is 0 Å². The molecule has 0 N–H and O–H groups in total. The molecule has 2 nitrogen and oxygen atoms in total. The smallest absolute Gasteiger partial charge is 0.122 e. The Morgan fingerprint density at radius 3 is 3.42 bits per heavy atom. The first-order valence-electron chi connectivity index (χ1n) is 4.61. The molecule has 0 unspecified atom stereocenters. The van der Waals surface area contributed by atoms with Crippen molar-refractivity contribution in [3.8, 4) is 11.5 Å². The van der Waals surface area contributed by atoms with Gasteiger partial charge in [0, 0.05) is 0 Å². The van der Waals surface area contributed by atoms with Gasteiger partial charge in [0.25, 0.3) is 0 Å². The zero-order valence-corrected chi connectivity index (χ0v) is 7.09. The van der Waals surface area contributed by atoms with Crippen molar-refractivity contribution in [2.24, 2.45) is 0 Å². The average Bonchev–Trinajstić information content (AvgIpc) is 2.17.